The normalized spacial score (nSPS) is 17.4. The van der Waals surface area contributed by atoms with Crippen LogP contribution in [0.4, 0.5) is 0 Å². The highest BCUT2D eigenvalue weighted by atomic mass is 16.5. The molecule has 2 aromatic rings. The van der Waals surface area contributed by atoms with E-state index in [4.69, 9.17) is 9.84 Å². The molecule has 0 amide bonds. The van der Waals surface area contributed by atoms with Crippen LogP contribution in [0.15, 0.2) is 42.5 Å². The van der Waals surface area contributed by atoms with Crippen LogP contribution in [0.5, 0.6) is 5.75 Å². The topological polar surface area (TPSA) is 46.5 Å². The second kappa shape index (κ2) is 6.79. The summed E-state index contributed by atoms with van der Waals surface area (Å²) in [5.41, 5.74) is 5.26. The maximum absolute atomic E-state index is 10.7. The van der Waals surface area contributed by atoms with Gasteiger partial charge in [-0.15, -0.1) is 0 Å². The number of carbonyl (C=O) groups is 1. The van der Waals surface area contributed by atoms with Crippen molar-refractivity contribution in [3.05, 3.63) is 64.7 Å². The van der Waals surface area contributed by atoms with E-state index in [1.54, 1.807) is 0 Å². The first-order valence-electron chi connectivity index (χ1n) is 9.25. The first-order valence-corrected chi connectivity index (χ1v) is 9.25. The number of benzene rings is 2. The van der Waals surface area contributed by atoms with Gasteiger partial charge in [-0.05, 0) is 58.1 Å². The van der Waals surface area contributed by atoms with Gasteiger partial charge in [0.15, 0.2) is 0 Å². The summed E-state index contributed by atoms with van der Waals surface area (Å²) >= 11 is 0. The molecule has 0 radical (unpaired) electrons. The molecule has 0 atom stereocenters. The quantitative estimate of drug-likeness (QED) is 0.800. The van der Waals surface area contributed by atoms with E-state index in [0.717, 1.165) is 11.3 Å². The van der Waals surface area contributed by atoms with Crippen LogP contribution in [0.1, 0.15) is 62.8 Å². The Morgan fingerprint density at radius 2 is 1.50 bits per heavy atom. The van der Waals surface area contributed by atoms with Crippen LogP contribution < -0.4 is 4.74 Å². The summed E-state index contributed by atoms with van der Waals surface area (Å²) in [7, 11) is 0. The fourth-order valence-electron chi connectivity index (χ4n) is 3.77. The molecule has 0 aliphatic heterocycles. The van der Waals surface area contributed by atoms with Gasteiger partial charge in [0.25, 0.3) is 0 Å². The summed E-state index contributed by atoms with van der Waals surface area (Å²) in [5.74, 6) is -0.0604. The van der Waals surface area contributed by atoms with Gasteiger partial charge in [0, 0.05) is 0 Å². The van der Waals surface area contributed by atoms with Gasteiger partial charge >= 0.3 is 5.97 Å². The van der Waals surface area contributed by atoms with Gasteiger partial charge < -0.3 is 9.84 Å². The number of carboxylic acid groups (broad SMARTS) is 1. The van der Waals surface area contributed by atoms with Crippen molar-refractivity contribution in [2.45, 2.75) is 64.4 Å². The van der Waals surface area contributed by atoms with E-state index in [0.29, 0.717) is 6.61 Å². The lowest BCUT2D eigenvalue weighted by Gasteiger charge is -2.42. The molecular formula is C23H28O3. The van der Waals surface area contributed by atoms with Crippen LogP contribution in [-0.4, -0.2) is 11.1 Å². The van der Waals surface area contributed by atoms with E-state index >= 15 is 0 Å². The predicted molar refractivity (Wildman–Crippen MR) is 104 cm³/mol. The molecule has 26 heavy (non-hydrogen) atoms. The summed E-state index contributed by atoms with van der Waals surface area (Å²) in [5, 5.41) is 8.83. The molecule has 3 heteroatoms. The number of carboxylic acids is 1. The van der Waals surface area contributed by atoms with Gasteiger partial charge in [-0.3, -0.25) is 4.79 Å². The molecule has 0 spiro atoms. The average Bonchev–Trinajstić information content (AvgIpc) is 2.58. The highest BCUT2D eigenvalue weighted by molar-refractivity contribution is 5.70. The van der Waals surface area contributed by atoms with Crippen LogP contribution in [0.3, 0.4) is 0 Å². The van der Waals surface area contributed by atoms with Gasteiger partial charge in [-0.1, -0.05) is 58.0 Å². The van der Waals surface area contributed by atoms with Crippen LogP contribution in [0.25, 0.3) is 0 Å². The minimum atomic E-state index is -0.821. The zero-order chi connectivity index (χ0) is 18.9. The van der Waals surface area contributed by atoms with Gasteiger partial charge in [0.2, 0.25) is 0 Å². The lowest BCUT2D eigenvalue weighted by molar-refractivity contribution is -0.136. The second-order valence-corrected chi connectivity index (χ2v) is 8.65. The number of rotatable bonds is 5. The number of ether oxygens (including phenoxy) is 1. The Bertz CT molecular complexity index is 801. The number of fused-ring (bicyclic) bond motifs is 1. The highest BCUT2D eigenvalue weighted by Crippen LogP contribution is 2.45. The molecule has 0 heterocycles. The number of aliphatic carboxylic acids is 1. The van der Waals surface area contributed by atoms with Gasteiger partial charge in [-0.25, -0.2) is 0 Å². The molecule has 0 unspecified atom stereocenters. The zero-order valence-corrected chi connectivity index (χ0v) is 16.1. The van der Waals surface area contributed by atoms with E-state index in [2.05, 4.69) is 45.9 Å². The third-order valence-corrected chi connectivity index (χ3v) is 5.60. The van der Waals surface area contributed by atoms with Crippen molar-refractivity contribution in [1.82, 2.24) is 0 Å². The smallest absolute Gasteiger partial charge is 0.307 e. The maximum atomic E-state index is 10.7. The van der Waals surface area contributed by atoms with E-state index in [1.807, 2.05) is 24.3 Å². The van der Waals surface area contributed by atoms with Crippen LogP contribution in [-0.2, 0) is 28.7 Å². The molecule has 0 aromatic heterocycles. The van der Waals surface area contributed by atoms with E-state index in [9.17, 15) is 4.79 Å². The third kappa shape index (κ3) is 3.92. The first-order chi connectivity index (χ1) is 12.2. The van der Waals surface area contributed by atoms with Gasteiger partial charge in [-0.2, -0.15) is 0 Å². The Kier molecular flexibility index (Phi) is 4.83. The molecule has 2 aromatic carbocycles. The summed E-state index contributed by atoms with van der Waals surface area (Å²) in [6.45, 7) is 9.83. The number of hydrogen-bond acceptors (Lipinski definition) is 2. The molecule has 3 rings (SSSR count). The summed E-state index contributed by atoms with van der Waals surface area (Å²) < 4.78 is 5.92. The van der Waals surface area contributed by atoms with Crippen molar-refractivity contribution >= 4 is 5.97 Å². The Morgan fingerprint density at radius 3 is 2.12 bits per heavy atom. The average molecular weight is 352 g/mol. The third-order valence-electron chi connectivity index (χ3n) is 5.60. The van der Waals surface area contributed by atoms with E-state index in [1.165, 1.54) is 29.5 Å². The molecule has 1 N–H and O–H groups in total. The lowest BCUT2D eigenvalue weighted by atomic mass is 9.63. The molecule has 0 bridgehead atoms. The standard InChI is InChI=1S/C23H28O3/c1-22(2)11-12-23(3,4)20-13-17(7-10-19(20)22)15-26-18-8-5-16(6-9-18)14-21(24)25/h5-10,13H,11-12,14-15H2,1-4H3,(H,24,25). The van der Waals surface area contributed by atoms with Crippen molar-refractivity contribution in [1.29, 1.82) is 0 Å². The second-order valence-electron chi connectivity index (χ2n) is 8.65. The zero-order valence-electron chi connectivity index (χ0n) is 16.1. The number of hydrogen-bond donors (Lipinski definition) is 1. The first kappa shape index (κ1) is 18.5. The Hall–Kier alpha value is -2.29. The fourth-order valence-corrected chi connectivity index (χ4v) is 3.77. The van der Waals surface area contributed by atoms with Gasteiger partial charge in [0.1, 0.15) is 12.4 Å². The Morgan fingerprint density at radius 1 is 0.923 bits per heavy atom. The van der Waals surface area contributed by atoms with Crippen molar-refractivity contribution in [3.8, 4) is 5.75 Å². The molecule has 3 nitrogen and oxygen atoms in total. The van der Waals surface area contributed by atoms with Crippen LogP contribution in [0, 0.1) is 0 Å². The minimum absolute atomic E-state index is 0.0377. The molecule has 0 fully saturated rings. The van der Waals surface area contributed by atoms with Crippen molar-refractivity contribution in [2.24, 2.45) is 0 Å². The monoisotopic (exact) mass is 352 g/mol. The minimum Gasteiger partial charge on any atom is -0.489 e. The molecule has 0 saturated heterocycles. The molecule has 138 valence electrons. The molecule has 1 aliphatic rings. The van der Waals surface area contributed by atoms with Crippen LogP contribution in [0.2, 0.25) is 0 Å². The predicted octanol–water partition coefficient (Wildman–Crippen LogP) is 5.24. The van der Waals surface area contributed by atoms with Crippen molar-refractivity contribution in [3.63, 3.8) is 0 Å². The maximum Gasteiger partial charge on any atom is 0.307 e. The van der Waals surface area contributed by atoms with Crippen LogP contribution >= 0.6 is 0 Å². The summed E-state index contributed by atoms with van der Waals surface area (Å²) in [6.07, 6.45) is 2.45. The fraction of sp³-hybridized carbons (Fsp3) is 0.435. The van der Waals surface area contributed by atoms with Crippen molar-refractivity contribution < 1.29 is 14.6 Å². The SMILES string of the molecule is CC1(C)CCC(C)(C)c2cc(COc3ccc(CC(=O)O)cc3)ccc21. The Balaban J connectivity index is 1.74. The Labute approximate surface area is 156 Å². The largest absolute Gasteiger partial charge is 0.489 e. The van der Waals surface area contributed by atoms with Gasteiger partial charge in [0.05, 0.1) is 6.42 Å². The lowest BCUT2D eigenvalue weighted by Crippen LogP contribution is -2.33. The van der Waals surface area contributed by atoms with Crippen molar-refractivity contribution in [2.75, 3.05) is 0 Å². The summed E-state index contributed by atoms with van der Waals surface area (Å²) in [6, 6.07) is 14.0. The van der Waals surface area contributed by atoms with E-state index in [-0.39, 0.29) is 17.3 Å². The highest BCUT2D eigenvalue weighted by Gasteiger charge is 2.36. The molecule has 1 aliphatic carbocycles. The molecule has 0 saturated carbocycles. The summed E-state index contributed by atoms with van der Waals surface area (Å²) in [4.78, 5) is 10.7. The molecular weight excluding hydrogens is 324 g/mol. The van der Waals surface area contributed by atoms with E-state index < -0.39 is 5.97 Å².